The summed E-state index contributed by atoms with van der Waals surface area (Å²) in [6, 6.07) is 8.03. The van der Waals surface area contributed by atoms with Crippen LogP contribution in [0.2, 0.25) is 0 Å². The number of benzene rings is 1. The fourth-order valence-electron chi connectivity index (χ4n) is 2.42. The zero-order valence-electron chi connectivity index (χ0n) is 11.3. The van der Waals surface area contributed by atoms with Crippen molar-refractivity contribution in [3.8, 4) is 0 Å². The van der Waals surface area contributed by atoms with Gasteiger partial charge < -0.3 is 10.1 Å². The predicted octanol–water partition coefficient (Wildman–Crippen LogP) is 2.87. The number of hydrogen-bond acceptors (Lipinski definition) is 4. The van der Waals surface area contributed by atoms with Crippen LogP contribution in [0.4, 0.5) is 0 Å². The average molecular weight is 290 g/mol. The van der Waals surface area contributed by atoms with Crippen molar-refractivity contribution in [2.75, 3.05) is 6.61 Å². The van der Waals surface area contributed by atoms with E-state index in [4.69, 9.17) is 4.74 Å². The maximum absolute atomic E-state index is 11.8. The van der Waals surface area contributed by atoms with Crippen molar-refractivity contribution in [2.24, 2.45) is 0 Å². The van der Waals surface area contributed by atoms with E-state index in [1.807, 2.05) is 18.2 Å². The highest BCUT2D eigenvalue weighted by molar-refractivity contribution is 7.18. The zero-order chi connectivity index (χ0) is 13.8. The number of hydrogen-bond donors (Lipinski definition) is 1. The van der Waals surface area contributed by atoms with Gasteiger partial charge in [0, 0.05) is 13.0 Å². The first-order chi connectivity index (χ1) is 9.81. The molecule has 1 atom stereocenters. The average Bonchev–Trinajstić information content (AvgIpc) is 3.11. The van der Waals surface area contributed by atoms with Gasteiger partial charge >= 0.3 is 0 Å². The Morgan fingerprint density at radius 1 is 1.45 bits per heavy atom. The van der Waals surface area contributed by atoms with Crippen molar-refractivity contribution < 1.29 is 9.53 Å². The lowest BCUT2D eigenvalue weighted by Crippen LogP contribution is -2.23. The van der Waals surface area contributed by atoms with Gasteiger partial charge in [0.1, 0.15) is 5.01 Å². The van der Waals surface area contributed by atoms with Crippen LogP contribution in [0.1, 0.15) is 30.7 Å². The van der Waals surface area contributed by atoms with Crippen molar-refractivity contribution in [1.82, 2.24) is 10.3 Å². The second kappa shape index (κ2) is 6.33. The minimum Gasteiger partial charge on any atom is -0.378 e. The predicted molar refractivity (Wildman–Crippen MR) is 79.7 cm³/mol. The van der Waals surface area contributed by atoms with Crippen molar-refractivity contribution in [3.63, 3.8) is 0 Å². The van der Waals surface area contributed by atoms with Crippen molar-refractivity contribution in [2.45, 2.75) is 38.3 Å². The van der Waals surface area contributed by atoms with Gasteiger partial charge in [-0.3, -0.25) is 4.79 Å². The Morgan fingerprint density at radius 2 is 2.35 bits per heavy atom. The summed E-state index contributed by atoms with van der Waals surface area (Å²) in [7, 11) is 0. The number of amides is 1. The molecule has 4 nitrogen and oxygen atoms in total. The smallest absolute Gasteiger partial charge is 0.220 e. The number of aromatic nitrogens is 1. The highest BCUT2D eigenvalue weighted by Crippen LogP contribution is 2.21. The summed E-state index contributed by atoms with van der Waals surface area (Å²) in [5, 5.41) is 3.89. The quantitative estimate of drug-likeness (QED) is 0.921. The maximum atomic E-state index is 11.8. The van der Waals surface area contributed by atoms with Crippen LogP contribution >= 0.6 is 11.3 Å². The number of para-hydroxylation sites is 1. The Bertz CT molecular complexity index is 557. The van der Waals surface area contributed by atoms with E-state index >= 15 is 0 Å². The van der Waals surface area contributed by atoms with Crippen LogP contribution in [0.5, 0.6) is 0 Å². The number of nitrogens with one attached hydrogen (secondary N) is 1. The summed E-state index contributed by atoms with van der Waals surface area (Å²) >= 11 is 1.63. The van der Waals surface area contributed by atoms with Crippen LogP contribution in [0.15, 0.2) is 24.3 Å². The monoisotopic (exact) mass is 290 g/mol. The van der Waals surface area contributed by atoms with Crippen LogP contribution in [0, 0.1) is 0 Å². The van der Waals surface area contributed by atoms with Gasteiger partial charge in [-0.25, -0.2) is 4.98 Å². The molecule has 0 aliphatic carbocycles. The molecule has 0 spiro atoms. The fourth-order valence-corrected chi connectivity index (χ4v) is 3.33. The van der Waals surface area contributed by atoms with Crippen molar-refractivity contribution in [3.05, 3.63) is 29.3 Å². The molecule has 2 aromatic rings. The van der Waals surface area contributed by atoms with Crippen molar-refractivity contribution >= 4 is 27.5 Å². The largest absolute Gasteiger partial charge is 0.378 e. The number of ether oxygens (including phenoxy) is 1. The summed E-state index contributed by atoms with van der Waals surface area (Å²) in [4.78, 5) is 16.3. The lowest BCUT2D eigenvalue weighted by molar-refractivity contribution is -0.121. The van der Waals surface area contributed by atoms with Crippen LogP contribution in [-0.2, 0) is 16.1 Å². The first-order valence-corrected chi connectivity index (χ1v) is 7.85. The SMILES string of the molecule is O=C(CC[C@H]1CCCO1)NCc1nc2ccccc2s1. The highest BCUT2D eigenvalue weighted by atomic mass is 32.1. The van der Waals surface area contributed by atoms with E-state index in [0.717, 1.165) is 41.1 Å². The highest BCUT2D eigenvalue weighted by Gasteiger charge is 2.16. The first-order valence-electron chi connectivity index (χ1n) is 7.04. The number of thiazole rings is 1. The van der Waals surface area contributed by atoms with E-state index in [1.165, 1.54) is 0 Å². The summed E-state index contributed by atoms with van der Waals surface area (Å²) in [6.45, 7) is 1.36. The van der Waals surface area contributed by atoms with Gasteiger partial charge in [-0.15, -0.1) is 11.3 Å². The first kappa shape index (κ1) is 13.5. The third kappa shape index (κ3) is 3.35. The number of fused-ring (bicyclic) bond motifs is 1. The summed E-state index contributed by atoms with van der Waals surface area (Å²) in [6.07, 6.45) is 3.85. The Kier molecular flexibility index (Phi) is 4.28. The number of carbonyl (C=O) groups is 1. The Labute approximate surface area is 122 Å². The summed E-state index contributed by atoms with van der Waals surface area (Å²) < 4.78 is 6.68. The van der Waals surface area contributed by atoms with E-state index in [9.17, 15) is 4.79 Å². The molecule has 1 aromatic heterocycles. The van der Waals surface area contributed by atoms with Gasteiger partial charge in [0.15, 0.2) is 0 Å². The molecule has 0 unspecified atom stereocenters. The van der Waals surface area contributed by atoms with Crippen LogP contribution in [0.25, 0.3) is 10.2 Å². The molecule has 5 heteroatoms. The van der Waals surface area contributed by atoms with Gasteiger partial charge in [0.05, 0.1) is 22.9 Å². The third-order valence-electron chi connectivity index (χ3n) is 3.49. The number of rotatable bonds is 5. The molecule has 1 N–H and O–H groups in total. The lowest BCUT2D eigenvalue weighted by atomic mass is 10.1. The van der Waals surface area contributed by atoms with Gasteiger partial charge in [-0.2, -0.15) is 0 Å². The molecule has 3 rings (SSSR count). The van der Waals surface area contributed by atoms with E-state index in [2.05, 4.69) is 16.4 Å². The second-order valence-electron chi connectivity index (χ2n) is 5.03. The van der Waals surface area contributed by atoms with E-state index in [1.54, 1.807) is 11.3 Å². The molecule has 1 aliphatic rings. The van der Waals surface area contributed by atoms with Crippen molar-refractivity contribution in [1.29, 1.82) is 0 Å². The maximum Gasteiger partial charge on any atom is 0.220 e. The van der Waals surface area contributed by atoms with E-state index < -0.39 is 0 Å². The molecule has 2 heterocycles. The minimum absolute atomic E-state index is 0.0831. The topological polar surface area (TPSA) is 51.2 Å². The zero-order valence-corrected chi connectivity index (χ0v) is 12.1. The van der Waals surface area contributed by atoms with Crippen LogP contribution in [-0.4, -0.2) is 23.6 Å². The van der Waals surface area contributed by atoms with E-state index in [0.29, 0.717) is 13.0 Å². The van der Waals surface area contributed by atoms with Gasteiger partial charge in [-0.05, 0) is 31.4 Å². The standard InChI is InChI=1S/C15H18N2O2S/c18-14(8-7-11-4-3-9-19-11)16-10-15-17-12-5-1-2-6-13(12)20-15/h1-2,5-6,11H,3-4,7-10H2,(H,16,18)/t11-/m1/s1. The molecule has 0 saturated carbocycles. The molecule has 1 fully saturated rings. The molecular formula is C15H18N2O2S. The fraction of sp³-hybridized carbons (Fsp3) is 0.467. The summed E-state index contributed by atoms with van der Waals surface area (Å²) in [5.41, 5.74) is 1.00. The van der Waals surface area contributed by atoms with Crippen LogP contribution < -0.4 is 5.32 Å². The summed E-state index contributed by atoms with van der Waals surface area (Å²) in [5.74, 6) is 0.0831. The number of carbonyl (C=O) groups excluding carboxylic acids is 1. The molecule has 106 valence electrons. The molecule has 1 saturated heterocycles. The molecule has 0 bridgehead atoms. The second-order valence-corrected chi connectivity index (χ2v) is 6.14. The molecule has 1 aliphatic heterocycles. The lowest BCUT2D eigenvalue weighted by Gasteiger charge is -2.08. The van der Waals surface area contributed by atoms with Gasteiger partial charge in [0.2, 0.25) is 5.91 Å². The Morgan fingerprint density at radius 3 is 3.15 bits per heavy atom. The molecule has 1 amide bonds. The molecule has 1 aromatic carbocycles. The number of nitrogens with zero attached hydrogens (tertiary/aromatic N) is 1. The molecule has 20 heavy (non-hydrogen) atoms. The van der Waals surface area contributed by atoms with E-state index in [-0.39, 0.29) is 12.0 Å². The normalized spacial score (nSPS) is 18.5. The molecule has 0 radical (unpaired) electrons. The minimum atomic E-state index is 0.0831. The Hall–Kier alpha value is -1.46. The van der Waals surface area contributed by atoms with Gasteiger partial charge in [0.25, 0.3) is 0 Å². The molecular weight excluding hydrogens is 272 g/mol. The van der Waals surface area contributed by atoms with Gasteiger partial charge in [-0.1, -0.05) is 12.1 Å². The third-order valence-corrected chi connectivity index (χ3v) is 4.53. The Balaban J connectivity index is 1.47. The van der Waals surface area contributed by atoms with Crippen LogP contribution in [0.3, 0.4) is 0 Å².